The Morgan fingerprint density at radius 2 is 2.27 bits per heavy atom. The summed E-state index contributed by atoms with van der Waals surface area (Å²) in [5, 5.41) is 0. The van der Waals surface area contributed by atoms with Gasteiger partial charge >= 0.3 is 0 Å². The van der Waals surface area contributed by atoms with Gasteiger partial charge in [0.25, 0.3) is 0 Å². The number of carbonyl (C=O) groups is 1. The van der Waals surface area contributed by atoms with Crippen LogP contribution in [-0.4, -0.2) is 6.29 Å². The zero-order valence-corrected chi connectivity index (χ0v) is 7.55. The molecular weight excluding hydrogens is 136 g/mol. The van der Waals surface area contributed by atoms with Crippen LogP contribution in [0.5, 0.6) is 0 Å². The zero-order chi connectivity index (χ0) is 8.48. The second-order valence-corrected chi connectivity index (χ2v) is 4.36. The predicted molar refractivity (Wildman–Crippen MR) is 46.3 cm³/mol. The van der Waals surface area contributed by atoms with E-state index in [9.17, 15) is 4.79 Å². The van der Waals surface area contributed by atoms with Crippen LogP contribution >= 0.6 is 0 Å². The van der Waals surface area contributed by atoms with Crippen molar-refractivity contribution in [2.75, 3.05) is 0 Å². The van der Waals surface area contributed by atoms with Crippen molar-refractivity contribution in [3.05, 3.63) is 11.6 Å². The summed E-state index contributed by atoms with van der Waals surface area (Å²) >= 11 is 0. The fourth-order valence-corrected chi connectivity index (χ4v) is 2.04. The van der Waals surface area contributed by atoms with Crippen molar-refractivity contribution in [1.29, 1.82) is 0 Å². The Bertz CT molecular complexity index is 189. The smallest absolute Gasteiger partial charge is 0.126 e. The second kappa shape index (κ2) is 2.80. The van der Waals surface area contributed by atoms with Crippen LogP contribution in [0.4, 0.5) is 0 Å². The summed E-state index contributed by atoms with van der Waals surface area (Å²) in [5.41, 5.74) is 1.68. The first-order chi connectivity index (χ1) is 5.03. The largest absolute Gasteiger partial charge is 0.303 e. The monoisotopic (exact) mass is 152 g/mol. The lowest BCUT2D eigenvalue weighted by Crippen LogP contribution is -2.21. The van der Waals surface area contributed by atoms with Crippen molar-refractivity contribution in [1.82, 2.24) is 0 Å². The maximum absolute atomic E-state index is 10.5. The second-order valence-electron chi connectivity index (χ2n) is 4.36. The molecule has 0 aromatic carbocycles. The highest BCUT2D eigenvalue weighted by molar-refractivity contribution is 5.57. The van der Waals surface area contributed by atoms with Gasteiger partial charge in [-0.25, -0.2) is 0 Å². The highest BCUT2D eigenvalue weighted by Gasteiger charge is 2.26. The van der Waals surface area contributed by atoms with E-state index in [2.05, 4.69) is 26.8 Å². The fraction of sp³-hybridized carbons (Fsp3) is 0.700. The molecule has 0 bridgehead atoms. The Balaban J connectivity index is 2.76. The fourth-order valence-electron chi connectivity index (χ4n) is 2.04. The van der Waals surface area contributed by atoms with E-state index in [0.29, 0.717) is 5.41 Å². The van der Waals surface area contributed by atoms with Crippen molar-refractivity contribution in [2.45, 2.75) is 33.6 Å². The van der Waals surface area contributed by atoms with Crippen LogP contribution in [0.25, 0.3) is 0 Å². The maximum Gasteiger partial charge on any atom is 0.126 e. The molecule has 0 aromatic heterocycles. The molecule has 1 nitrogen and oxygen atoms in total. The maximum atomic E-state index is 10.5. The van der Waals surface area contributed by atoms with Crippen LogP contribution in [0.15, 0.2) is 11.6 Å². The first-order valence-electron chi connectivity index (χ1n) is 4.16. The minimum absolute atomic E-state index is 0.166. The van der Waals surface area contributed by atoms with Gasteiger partial charge in [0.2, 0.25) is 0 Å². The van der Waals surface area contributed by atoms with E-state index < -0.39 is 0 Å². The van der Waals surface area contributed by atoms with Crippen molar-refractivity contribution in [3.8, 4) is 0 Å². The Morgan fingerprint density at radius 1 is 1.64 bits per heavy atom. The van der Waals surface area contributed by atoms with E-state index in [1.54, 1.807) is 0 Å². The van der Waals surface area contributed by atoms with Gasteiger partial charge in [-0.05, 0) is 25.2 Å². The number of rotatable bonds is 1. The van der Waals surface area contributed by atoms with Gasteiger partial charge in [0.1, 0.15) is 6.29 Å². The first kappa shape index (κ1) is 8.51. The molecule has 1 aliphatic carbocycles. The minimum atomic E-state index is 0.166. The third-order valence-corrected chi connectivity index (χ3v) is 2.22. The SMILES string of the molecule is CC1=C[C@@H](C=O)CC(C)(C)C1. The van der Waals surface area contributed by atoms with Crippen molar-refractivity contribution < 1.29 is 4.79 Å². The average molecular weight is 152 g/mol. The lowest BCUT2D eigenvalue weighted by atomic mass is 9.74. The third-order valence-electron chi connectivity index (χ3n) is 2.22. The zero-order valence-electron chi connectivity index (χ0n) is 7.55. The van der Waals surface area contributed by atoms with E-state index in [-0.39, 0.29) is 5.92 Å². The van der Waals surface area contributed by atoms with E-state index >= 15 is 0 Å². The molecule has 0 radical (unpaired) electrons. The molecule has 0 saturated heterocycles. The molecule has 1 atom stereocenters. The number of hydrogen-bond donors (Lipinski definition) is 0. The Hall–Kier alpha value is -0.590. The predicted octanol–water partition coefficient (Wildman–Crippen LogP) is 2.57. The summed E-state index contributed by atoms with van der Waals surface area (Å²) in [5.74, 6) is 0.166. The number of hydrogen-bond acceptors (Lipinski definition) is 1. The van der Waals surface area contributed by atoms with Crippen molar-refractivity contribution in [3.63, 3.8) is 0 Å². The normalized spacial score (nSPS) is 29.4. The molecule has 1 heteroatoms. The van der Waals surface area contributed by atoms with Crippen molar-refractivity contribution in [2.24, 2.45) is 11.3 Å². The van der Waals surface area contributed by atoms with E-state index in [1.165, 1.54) is 5.57 Å². The molecule has 0 amide bonds. The summed E-state index contributed by atoms with van der Waals surface area (Å²) in [6.45, 7) is 6.55. The molecular formula is C10H16O. The third kappa shape index (κ3) is 2.18. The summed E-state index contributed by atoms with van der Waals surface area (Å²) in [6, 6.07) is 0. The molecule has 0 unspecified atom stereocenters. The number of allylic oxidation sites excluding steroid dienone is 2. The van der Waals surface area contributed by atoms with Gasteiger partial charge in [0, 0.05) is 5.92 Å². The van der Waals surface area contributed by atoms with E-state index in [0.717, 1.165) is 19.1 Å². The average Bonchev–Trinajstić information content (AvgIpc) is 1.83. The first-order valence-corrected chi connectivity index (χ1v) is 4.16. The van der Waals surface area contributed by atoms with Gasteiger partial charge in [0.15, 0.2) is 0 Å². The topological polar surface area (TPSA) is 17.1 Å². The molecule has 0 spiro atoms. The lowest BCUT2D eigenvalue weighted by Gasteiger charge is -2.31. The number of aldehydes is 1. The summed E-state index contributed by atoms with van der Waals surface area (Å²) in [4.78, 5) is 10.5. The molecule has 11 heavy (non-hydrogen) atoms. The molecule has 0 aromatic rings. The van der Waals surface area contributed by atoms with Gasteiger partial charge in [-0.15, -0.1) is 0 Å². The summed E-state index contributed by atoms with van der Waals surface area (Å²) in [7, 11) is 0. The quantitative estimate of drug-likeness (QED) is 0.417. The van der Waals surface area contributed by atoms with Crippen molar-refractivity contribution >= 4 is 6.29 Å². The highest BCUT2D eigenvalue weighted by atomic mass is 16.1. The van der Waals surface area contributed by atoms with Crippen LogP contribution in [0.2, 0.25) is 0 Å². The molecule has 1 aliphatic rings. The van der Waals surface area contributed by atoms with Gasteiger partial charge in [-0.1, -0.05) is 25.5 Å². The van der Waals surface area contributed by atoms with Gasteiger partial charge in [0.05, 0.1) is 0 Å². The lowest BCUT2D eigenvalue weighted by molar-refractivity contribution is -0.110. The van der Waals surface area contributed by atoms with Gasteiger partial charge in [-0.3, -0.25) is 0 Å². The Labute approximate surface area is 68.5 Å². The molecule has 0 N–H and O–H groups in total. The van der Waals surface area contributed by atoms with Crippen LogP contribution in [0, 0.1) is 11.3 Å². The molecule has 62 valence electrons. The van der Waals surface area contributed by atoms with Gasteiger partial charge < -0.3 is 4.79 Å². The van der Waals surface area contributed by atoms with Crippen LogP contribution in [0.1, 0.15) is 33.6 Å². The van der Waals surface area contributed by atoms with Crippen LogP contribution in [0.3, 0.4) is 0 Å². The standard InChI is InChI=1S/C10H16O/c1-8-4-9(7-11)6-10(2,3)5-8/h4,7,9H,5-6H2,1-3H3/t9-/m1/s1. The van der Waals surface area contributed by atoms with Gasteiger partial charge in [-0.2, -0.15) is 0 Å². The van der Waals surface area contributed by atoms with Crippen LogP contribution < -0.4 is 0 Å². The summed E-state index contributed by atoms with van der Waals surface area (Å²) < 4.78 is 0. The van der Waals surface area contributed by atoms with Crippen LogP contribution in [-0.2, 0) is 4.79 Å². The Morgan fingerprint density at radius 3 is 2.73 bits per heavy atom. The molecule has 0 aliphatic heterocycles. The molecule has 0 heterocycles. The van der Waals surface area contributed by atoms with E-state index in [1.807, 2.05) is 0 Å². The molecule has 0 fully saturated rings. The molecule has 0 saturated carbocycles. The minimum Gasteiger partial charge on any atom is -0.303 e. The summed E-state index contributed by atoms with van der Waals surface area (Å²) in [6.07, 6.45) is 5.30. The molecule has 1 rings (SSSR count). The highest BCUT2D eigenvalue weighted by Crippen LogP contribution is 2.36. The van der Waals surface area contributed by atoms with E-state index in [4.69, 9.17) is 0 Å². The number of carbonyl (C=O) groups excluding carboxylic acids is 1. The Kier molecular flexibility index (Phi) is 2.17.